The predicted octanol–water partition coefficient (Wildman–Crippen LogP) is 4.24. The minimum absolute atomic E-state index is 0.0632. The molecule has 1 aromatic rings. The van der Waals surface area contributed by atoms with Gasteiger partial charge in [0.25, 0.3) is 0 Å². The summed E-state index contributed by atoms with van der Waals surface area (Å²) in [5, 5.41) is 32.6. The minimum Gasteiger partial charge on any atom is -0.507 e. The van der Waals surface area contributed by atoms with Crippen molar-refractivity contribution >= 4 is 11.6 Å². The monoisotopic (exact) mass is 398 g/mol. The van der Waals surface area contributed by atoms with Crippen LogP contribution in [0, 0.1) is 34.5 Å². The van der Waals surface area contributed by atoms with Crippen LogP contribution in [0.15, 0.2) is 6.07 Å². The standard InChI is InChI=1S/C24H30O5/c1-23(2)12-7-14(23)16(25)5-10(12)20-18(27)9-19(28)21(22(20)29)11-6-17(26)15-8-13(11)24(15,3)4/h9-15,27-29H,5-8H2,1-4H3/t10-,11?,12?,13-,14?,15+/m1/s1. The number of fused-ring (bicyclic) bond motifs is 4. The molecule has 0 aromatic heterocycles. The van der Waals surface area contributed by atoms with Crippen LogP contribution in [0.5, 0.6) is 17.2 Å². The Bertz CT molecular complexity index is 871. The first-order valence-corrected chi connectivity index (χ1v) is 10.8. The molecule has 29 heavy (non-hydrogen) atoms. The van der Waals surface area contributed by atoms with E-state index < -0.39 is 0 Å². The first kappa shape index (κ1) is 19.0. The van der Waals surface area contributed by atoms with Crippen LogP contribution in [0.1, 0.15) is 76.3 Å². The number of phenols is 3. The number of hydrogen-bond acceptors (Lipinski definition) is 5. The van der Waals surface area contributed by atoms with Crippen molar-refractivity contribution in [2.45, 2.75) is 65.2 Å². The molecule has 4 bridgehead atoms. The molecule has 5 heteroatoms. The Morgan fingerprint density at radius 3 is 1.45 bits per heavy atom. The number of phenolic OH excluding ortho intramolecular Hbond substituents is 3. The zero-order valence-electron chi connectivity index (χ0n) is 17.5. The van der Waals surface area contributed by atoms with Crippen molar-refractivity contribution in [3.63, 3.8) is 0 Å². The third-order valence-corrected chi connectivity index (χ3v) is 9.35. The van der Waals surface area contributed by atoms with Gasteiger partial charge < -0.3 is 15.3 Å². The highest BCUT2D eigenvalue weighted by Crippen LogP contribution is 2.67. The summed E-state index contributed by atoms with van der Waals surface area (Å²) in [5.41, 5.74) is 0.463. The van der Waals surface area contributed by atoms with Gasteiger partial charge in [0.2, 0.25) is 0 Å². The lowest BCUT2D eigenvalue weighted by atomic mass is 9.43. The Kier molecular flexibility index (Phi) is 3.63. The smallest absolute Gasteiger partial charge is 0.137 e. The molecule has 6 saturated carbocycles. The Balaban J connectivity index is 1.61. The molecule has 6 atom stereocenters. The average Bonchev–Trinajstić information content (AvgIpc) is 2.59. The van der Waals surface area contributed by atoms with Gasteiger partial charge in [-0.3, -0.25) is 9.59 Å². The van der Waals surface area contributed by atoms with E-state index >= 15 is 0 Å². The minimum atomic E-state index is -0.261. The molecular weight excluding hydrogens is 368 g/mol. The summed E-state index contributed by atoms with van der Waals surface area (Å²) < 4.78 is 0. The third-order valence-electron chi connectivity index (χ3n) is 9.35. The van der Waals surface area contributed by atoms with Gasteiger partial charge in [0.05, 0.1) is 0 Å². The average molecular weight is 398 g/mol. The molecule has 0 radical (unpaired) electrons. The van der Waals surface area contributed by atoms with Gasteiger partial charge in [-0.05, 0) is 35.5 Å². The van der Waals surface area contributed by atoms with E-state index in [1.54, 1.807) is 0 Å². The number of ketones is 2. The lowest BCUT2D eigenvalue weighted by molar-refractivity contribution is -0.152. The highest BCUT2D eigenvalue weighted by Gasteiger charge is 2.61. The van der Waals surface area contributed by atoms with Crippen molar-refractivity contribution in [1.82, 2.24) is 0 Å². The zero-order chi connectivity index (χ0) is 21.0. The van der Waals surface area contributed by atoms with Gasteiger partial charge in [0.15, 0.2) is 0 Å². The van der Waals surface area contributed by atoms with Crippen LogP contribution in [0.2, 0.25) is 0 Å². The molecule has 0 spiro atoms. The second-order valence-corrected chi connectivity index (χ2v) is 11.1. The van der Waals surface area contributed by atoms with Gasteiger partial charge in [0, 0.05) is 53.7 Å². The summed E-state index contributed by atoms with van der Waals surface area (Å²) in [6.45, 7) is 8.34. The quantitative estimate of drug-likeness (QED) is 0.693. The molecule has 6 aliphatic carbocycles. The number of Topliss-reactive ketones (excluding diaryl/α,β-unsaturated/α-hetero) is 2. The molecule has 0 amide bonds. The van der Waals surface area contributed by atoms with E-state index in [2.05, 4.69) is 27.7 Å². The fraction of sp³-hybridized carbons (Fsp3) is 0.667. The topological polar surface area (TPSA) is 94.8 Å². The summed E-state index contributed by atoms with van der Waals surface area (Å²) in [6.07, 6.45) is 2.19. The van der Waals surface area contributed by atoms with Crippen LogP contribution in [-0.4, -0.2) is 26.9 Å². The van der Waals surface area contributed by atoms with E-state index in [0.29, 0.717) is 24.0 Å². The lowest BCUT2D eigenvalue weighted by Gasteiger charge is -2.59. The van der Waals surface area contributed by atoms with Gasteiger partial charge in [-0.15, -0.1) is 0 Å². The summed E-state index contributed by atoms with van der Waals surface area (Å²) >= 11 is 0. The van der Waals surface area contributed by atoms with Gasteiger partial charge in [-0.25, -0.2) is 0 Å². The lowest BCUT2D eigenvalue weighted by Crippen LogP contribution is -2.56. The van der Waals surface area contributed by atoms with Crippen molar-refractivity contribution in [2.24, 2.45) is 34.5 Å². The molecule has 6 aliphatic rings. The first-order chi connectivity index (χ1) is 13.5. The number of hydrogen-bond donors (Lipinski definition) is 3. The summed E-state index contributed by atoms with van der Waals surface area (Å²) in [5.74, 6) is -0.0352. The molecule has 3 N–H and O–H groups in total. The summed E-state index contributed by atoms with van der Waals surface area (Å²) in [7, 11) is 0. The SMILES string of the molecule is CC1(C)C2CC1[C@H](c1c(O)cc(O)c(C3CC(=O)[C@@H]4C[C@H]3C4(C)C)c1O)CC2=O. The third kappa shape index (κ3) is 2.22. The summed E-state index contributed by atoms with van der Waals surface area (Å²) in [4.78, 5) is 25.3. The van der Waals surface area contributed by atoms with E-state index in [9.17, 15) is 24.9 Å². The Morgan fingerprint density at radius 1 is 0.759 bits per heavy atom. The van der Waals surface area contributed by atoms with Crippen molar-refractivity contribution in [2.75, 3.05) is 0 Å². The molecule has 6 fully saturated rings. The molecule has 7 rings (SSSR count). The van der Waals surface area contributed by atoms with E-state index in [1.165, 1.54) is 6.07 Å². The van der Waals surface area contributed by atoms with Crippen molar-refractivity contribution in [3.05, 3.63) is 17.2 Å². The number of aromatic hydroxyl groups is 3. The maximum absolute atomic E-state index is 12.6. The van der Waals surface area contributed by atoms with Crippen LogP contribution in [0.3, 0.4) is 0 Å². The second kappa shape index (κ2) is 5.55. The Labute approximate surface area is 171 Å². The molecule has 156 valence electrons. The van der Waals surface area contributed by atoms with Crippen LogP contribution in [0.25, 0.3) is 0 Å². The predicted molar refractivity (Wildman–Crippen MR) is 107 cm³/mol. The molecule has 0 aliphatic heterocycles. The van der Waals surface area contributed by atoms with Crippen molar-refractivity contribution in [1.29, 1.82) is 0 Å². The van der Waals surface area contributed by atoms with Crippen molar-refractivity contribution < 1.29 is 24.9 Å². The fourth-order valence-electron chi connectivity index (χ4n) is 7.39. The molecule has 0 saturated heterocycles. The van der Waals surface area contributed by atoms with Crippen LogP contribution in [0.4, 0.5) is 0 Å². The highest BCUT2D eigenvalue weighted by atomic mass is 16.3. The van der Waals surface area contributed by atoms with Crippen LogP contribution < -0.4 is 0 Å². The molecule has 1 aromatic carbocycles. The maximum Gasteiger partial charge on any atom is 0.137 e. The Hall–Kier alpha value is -2.04. The van der Waals surface area contributed by atoms with Gasteiger partial charge in [0.1, 0.15) is 28.8 Å². The largest absolute Gasteiger partial charge is 0.507 e. The normalized spacial score (nSPS) is 38.9. The maximum atomic E-state index is 12.6. The van der Waals surface area contributed by atoms with E-state index in [4.69, 9.17) is 0 Å². The van der Waals surface area contributed by atoms with Crippen LogP contribution >= 0.6 is 0 Å². The van der Waals surface area contributed by atoms with E-state index in [1.807, 2.05) is 0 Å². The van der Waals surface area contributed by atoms with Gasteiger partial charge in [-0.2, -0.15) is 0 Å². The molecular formula is C24H30O5. The zero-order valence-corrected chi connectivity index (χ0v) is 17.5. The van der Waals surface area contributed by atoms with Crippen molar-refractivity contribution in [3.8, 4) is 17.2 Å². The number of rotatable bonds is 2. The first-order valence-electron chi connectivity index (χ1n) is 10.8. The fourth-order valence-corrected chi connectivity index (χ4v) is 7.39. The van der Waals surface area contributed by atoms with E-state index in [-0.39, 0.29) is 75.2 Å². The number of carbonyl (C=O) groups is 2. The number of benzene rings is 1. The Morgan fingerprint density at radius 2 is 1.14 bits per heavy atom. The van der Waals surface area contributed by atoms with Gasteiger partial charge >= 0.3 is 0 Å². The van der Waals surface area contributed by atoms with Crippen LogP contribution in [-0.2, 0) is 9.59 Å². The number of carbonyl (C=O) groups excluding carboxylic acids is 2. The van der Waals surface area contributed by atoms with E-state index in [0.717, 1.165) is 12.8 Å². The molecule has 5 nitrogen and oxygen atoms in total. The highest BCUT2D eigenvalue weighted by molar-refractivity contribution is 5.87. The second-order valence-electron chi connectivity index (χ2n) is 11.1. The van der Waals surface area contributed by atoms with Gasteiger partial charge in [-0.1, -0.05) is 27.7 Å². The summed E-state index contributed by atoms with van der Waals surface area (Å²) in [6, 6.07) is 1.30. The molecule has 0 heterocycles. The molecule has 3 unspecified atom stereocenters.